The van der Waals surface area contributed by atoms with Crippen molar-refractivity contribution in [1.82, 2.24) is 0 Å². The van der Waals surface area contributed by atoms with Crippen LogP contribution in [0.5, 0.6) is 0 Å². The van der Waals surface area contributed by atoms with Crippen molar-refractivity contribution in [2.24, 2.45) is 0 Å². The number of ketones is 1. The van der Waals surface area contributed by atoms with E-state index in [9.17, 15) is 14.9 Å². The Morgan fingerprint density at radius 3 is 2.26 bits per heavy atom. The Labute approximate surface area is 108 Å². The highest BCUT2D eigenvalue weighted by atomic mass is 16.6. The van der Waals surface area contributed by atoms with Crippen molar-refractivity contribution in [3.63, 3.8) is 0 Å². The Morgan fingerprint density at radius 2 is 1.63 bits per heavy atom. The third kappa shape index (κ3) is 2.33. The number of hydrogen-bond donors (Lipinski definition) is 0. The molecule has 0 bridgehead atoms. The average molecular weight is 252 g/mol. The number of carbonyl (C=O) groups excluding carboxylic acids is 1. The van der Waals surface area contributed by atoms with Gasteiger partial charge in [-0.15, -0.1) is 0 Å². The lowest BCUT2D eigenvalue weighted by Crippen LogP contribution is -2.07. The van der Waals surface area contributed by atoms with Gasteiger partial charge in [-0.05, 0) is 18.2 Å². The Kier molecular flexibility index (Phi) is 3.35. The third-order valence-corrected chi connectivity index (χ3v) is 2.64. The molecule has 0 aliphatic heterocycles. The first kappa shape index (κ1) is 12.5. The van der Waals surface area contributed by atoms with E-state index in [0.717, 1.165) is 0 Å². The summed E-state index contributed by atoms with van der Waals surface area (Å²) in [6.07, 6.45) is 0. The Bertz CT molecular complexity index is 702. The molecule has 0 unspecified atom stereocenters. The minimum absolute atomic E-state index is 0.0183. The predicted octanol–water partition coefficient (Wildman–Crippen LogP) is 2.70. The fourth-order valence-corrected chi connectivity index (χ4v) is 1.75. The molecule has 0 atom stereocenters. The van der Waals surface area contributed by atoms with E-state index >= 15 is 0 Å². The molecule has 0 radical (unpaired) electrons. The highest BCUT2D eigenvalue weighted by molar-refractivity contribution is 6.12. The van der Waals surface area contributed by atoms with E-state index in [0.29, 0.717) is 0 Å². The molecule has 2 aromatic carbocycles. The molecule has 0 aliphatic rings. The lowest BCUT2D eigenvalue weighted by atomic mass is 9.98. The maximum Gasteiger partial charge on any atom is 0.280 e. The first-order valence-electron chi connectivity index (χ1n) is 5.42. The molecule has 0 saturated heterocycles. The van der Waals surface area contributed by atoms with Crippen LogP contribution in [0.4, 0.5) is 5.69 Å². The number of para-hydroxylation sites is 1. The second-order valence-electron chi connectivity index (χ2n) is 3.76. The number of nitrogens with zero attached hydrogens (tertiary/aromatic N) is 2. The van der Waals surface area contributed by atoms with Crippen molar-refractivity contribution < 1.29 is 9.72 Å². The molecule has 19 heavy (non-hydrogen) atoms. The highest BCUT2D eigenvalue weighted by Gasteiger charge is 2.22. The molecule has 0 aromatic heterocycles. The maximum atomic E-state index is 12.3. The van der Waals surface area contributed by atoms with Crippen LogP contribution in [-0.4, -0.2) is 10.7 Å². The molecule has 0 spiro atoms. The van der Waals surface area contributed by atoms with Crippen molar-refractivity contribution in [2.75, 3.05) is 0 Å². The molecule has 2 aromatic rings. The van der Waals surface area contributed by atoms with Crippen LogP contribution in [0.15, 0.2) is 48.5 Å². The molecule has 0 amide bonds. The fraction of sp³-hybridized carbons (Fsp3) is 0. The zero-order valence-electron chi connectivity index (χ0n) is 9.74. The summed E-state index contributed by atoms with van der Waals surface area (Å²) in [5, 5.41) is 19.9. The van der Waals surface area contributed by atoms with Gasteiger partial charge in [0.1, 0.15) is 5.56 Å². The minimum Gasteiger partial charge on any atom is -0.288 e. The van der Waals surface area contributed by atoms with Gasteiger partial charge in [-0.1, -0.05) is 24.3 Å². The van der Waals surface area contributed by atoms with Gasteiger partial charge in [-0.2, -0.15) is 5.26 Å². The van der Waals surface area contributed by atoms with Gasteiger partial charge >= 0.3 is 0 Å². The van der Waals surface area contributed by atoms with Crippen LogP contribution in [-0.2, 0) is 0 Å². The summed E-state index contributed by atoms with van der Waals surface area (Å²) < 4.78 is 0. The normalized spacial score (nSPS) is 9.63. The highest BCUT2D eigenvalue weighted by Crippen LogP contribution is 2.22. The van der Waals surface area contributed by atoms with E-state index in [1.807, 2.05) is 6.07 Å². The van der Waals surface area contributed by atoms with Crippen LogP contribution in [0.25, 0.3) is 0 Å². The van der Waals surface area contributed by atoms with Crippen molar-refractivity contribution >= 4 is 11.5 Å². The number of nitro benzene ring substituents is 1. The van der Waals surface area contributed by atoms with Gasteiger partial charge in [0.25, 0.3) is 5.69 Å². The summed E-state index contributed by atoms with van der Waals surface area (Å²) >= 11 is 0. The molecule has 5 heteroatoms. The first-order chi connectivity index (χ1) is 9.15. The van der Waals surface area contributed by atoms with E-state index in [1.165, 1.54) is 30.3 Å². The summed E-state index contributed by atoms with van der Waals surface area (Å²) in [6.45, 7) is 0. The number of hydrogen-bond acceptors (Lipinski definition) is 4. The summed E-state index contributed by atoms with van der Waals surface area (Å²) in [7, 11) is 0. The van der Waals surface area contributed by atoms with Crippen LogP contribution < -0.4 is 0 Å². The van der Waals surface area contributed by atoms with Gasteiger partial charge < -0.3 is 0 Å². The topological polar surface area (TPSA) is 84.0 Å². The molecule has 0 saturated carbocycles. The van der Waals surface area contributed by atoms with Crippen LogP contribution in [0.3, 0.4) is 0 Å². The Morgan fingerprint density at radius 1 is 1.05 bits per heavy atom. The largest absolute Gasteiger partial charge is 0.288 e. The molecule has 0 N–H and O–H groups in total. The quantitative estimate of drug-likeness (QED) is 0.477. The van der Waals surface area contributed by atoms with Gasteiger partial charge in [0, 0.05) is 11.6 Å². The zero-order valence-corrected chi connectivity index (χ0v) is 9.74. The van der Waals surface area contributed by atoms with Gasteiger partial charge in [0.15, 0.2) is 0 Å². The van der Waals surface area contributed by atoms with E-state index in [4.69, 9.17) is 5.26 Å². The number of nitriles is 1. The van der Waals surface area contributed by atoms with Crippen LogP contribution in [0, 0.1) is 21.4 Å². The summed E-state index contributed by atoms with van der Waals surface area (Å²) in [5.74, 6) is -0.524. The Balaban J connectivity index is 2.58. The van der Waals surface area contributed by atoms with Crippen LogP contribution in [0.2, 0.25) is 0 Å². The molecule has 0 heterocycles. The summed E-state index contributed by atoms with van der Waals surface area (Å²) in [4.78, 5) is 22.6. The molecular formula is C14H8N2O3. The lowest BCUT2D eigenvalue weighted by Gasteiger charge is -2.03. The molecule has 0 aliphatic carbocycles. The lowest BCUT2D eigenvalue weighted by molar-refractivity contribution is -0.385. The summed E-state index contributed by atoms with van der Waals surface area (Å²) in [6, 6.07) is 13.8. The smallest absolute Gasteiger partial charge is 0.280 e. The Hall–Kier alpha value is -3.00. The molecular weight excluding hydrogens is 244 g/mol. The SMILES string of the molecule is N#Cc1ccccc1C(=O)c1ccccc1[N+](=O)[O-]. The number of benzene rings is 2. The van der Waals surface area contributed by atoms with Gasteiger partial charge in [-0.25, -0.2) is 0 Å². The number of carbonyl (C=O) groups is 1. The zero-order chi connectivity index (χ0) is 13.8. The first-order valence-corrected chi connectivity index (χ1v) is 5.42. The second-order valence-corrected chi connectivity index (χ2v) is 3.76. The van der Waals surface area contributed by atoms with E-state index in [-0.39, 0.29) is 22.4 Å². The van der Waals surface area contributed by atoms with E-state index < -0.39 is 10.7 Å². The third-order valence-electron chi connectivity index (χ3n) is 2.64. The summed E-state index contributed by atoms with van der Waals surface area (Å²) in [5.41, 5.74) is 0.0837. The minimum atomic E-state index is -0.609. The molecule has 92 valence electrons. The van der Waals surface area contributed by atoms with Crippen molar-refractivity contribution in [1.29, 1.82) is 5.26 Å². The molecule has 2 rings (SSSR count). The number of nitro groups is 1. The van der Waals surface area contributed by atoms with Gasteiger partial charge in [0.2, 0.25) is 5.78 Å². The van der Waals surface area contributed by atoms with E-state index in [2.05, 4.69) is 0 Å². The van der Waals surface area contributed by atoms with Gasteiger partial charge in [0.05, 0.1) is 16.6 Å². The van der Waals surface area contributed by atoms with Gasteiger partial charge in [-0.3, -0.25) is 14.9 Å². The standard InChI is InChI=1S/C14H8N2O3/c15-9-10-5-1-2-6-11(10)14(17)12-7-3-4-8-13(12)16(18)19/h1-8H. The molecule has 5 nitrogen and oxygen atoms in total. The number of rotatable bonds is 3. The fourth-order valence-electron chi connectivity index (χ4n) is 1.75. The maximum absolute atomic E-state index is 12.3. The monoisotopic (exact) mass is 252 g/mol. The van der Waals surface area contributed by atoms with Crippen molar-refractivity contribution in [3.8, 4) is 6.07 Å². The molecule has 0 fully saturated rings. The van der Waals surface area contributed by atoms with Crippen molar-refractivity contribution in [3.05, 3.63) is 75.3 Å². The van der Waals surface area contributed by atoms with Crippen LogP contribution >= 0.6 is 0 Å². The van der Waals surface area contributed by atoms with Crippen molar-refractivity contribution in [2.45, 2.75) is 0 Å². The second kappa shape index (κ2) is 5.10. The van der Waals surface area contributed by atoms with E-state index in [1.54, 1.807) is 18.2 Å². The van der Waals surface area contributed by atoms with Crippen LogP contribution in [0.1, 0.15) is 21.5 Å². The average Bonchev–Trinajstić information content (AvgIpc) is 2.46. The predicted molar refractivity (Wildman–Crippen MR) is 67.7 cm³/mol.